The van der Waals surface area contributed by atoms with Gasteiger partial charge >= 0.3 is 0 Å². The van der Waals surface area contributed by atoms with Gasteiger partial charge in [0, 0.05) is 30.1 Å². The highest BCUT2D eigenvalue weighted by molar-refractivity contribution is 7.09. The molecular formula is C13H19N5OS. The van der Waals surface area contributed by atoms with Gasteiger partial charge in [-0.25, -0.2) is 10.1 Å². The van der Waals surface area contributed by atoms with Gasteiger partial charge < -0.3 is 5.32 Å². The first-order valence-corrected chi connectivity index (χ1v) is 7.62. The van der Waals surface area contributed by atoms with Crippen LogP contribution in [0.25, 0.3) is 0 Å². The van der Waals surface area contributed by atoms with Gasteiger partial charge in [0.1, 0.15) is 5.82 Å². The fraction of sp³-hybridized carbons (Fsp3) is 0.538. The van der Waals surface area contributed by atoms with Gasteiger partial charge in [-0.2, -0.15) is 9.47 Å². The van der Waals surface area contributed by atoms with Gasteiger partial charge in [-0.05, 0) is 18.4 Å². The minimum atomic E-state index is -0.133. The Morgan fingerprint density at radius 3 is 2.55 bits per heavy atom. The van der Waals surface area contributed by atoms with E-state index in [2.05, 4.69) is 24.9 Å². The molecule has 2 aromatic rings. The molecule has 0 saturated heterocycles. The molecule has 0 atom stereocenters. The molecule has 0 aliphatic rings. The molecule has 2 heterocycles. The maximum Gasteiger partial charge on any atom is 0.269 e. The van der Waals surface area contributed by atoms with Crippen LogP contribution in [0.4, 0.5) is 5.13 Å². The van der Waals surface area contributed by atoms with Crippen LogP contribution in [0, 0.1) is 0 Å². The van der Waals surface area contributed by atoms with E-state index in [-0.39, 0.29) is 5.56 Å². The Bertz CT molecular complexity index is 634. The molecule has 0 bridgehead atoms. The van der Waals surface area contributed by atoms with Crippen molar-refractivity contribution in [2.45, 2.75) is 46.6 Å². The SMILES string of the molecule is CCc1nsc(NCc2c(CC)c(CC)n[nH]c2=O)n1. The van der Waals surface area contributed by atoms with Crippen molar-refractivity contribution in [2.24, 2.45) is 0 Å². The molecule has 2 rings (SSSR count). The summed E-state index contributed by atoms with van der Waals surface area (Å²) in [5.41, 5.74) is 2.60. The zero-order chi connectivity index (χ0) is 14.5. The van der Waals surface area contributed by atoms with E-state index in [9.17, 15) is 4.79 Å². The van der Waals surface area contributed by atoms with Crippen molar-refractivity contribution in [3.05, 3.63) is 33.0 Å². The van der Waals surface area contributed by atoms with E-state index < -0.39 is 0 Å². The number of nitrogens with zero attached hydrogens (tertiary/aromatic N) is 3. The Balaban J connectivity index is 2.22. The second-order valence-corrected chi connectivity index (χ2v) is 5.14. The average Bonchev–Trinajstić information content (AvgIpc) is 2.93. The van der Waals surface area contributed by atoms with E-state index >= 15 is 0 Å². The third-order valence-electron chi connectivity index (χ3n) is 3.17. The second-order valence-electron chi connectivity index (χ2n) is 4.39. The van der Waals surface area contributed by atoms with Crippen LogP contribution in [0.5, 0.6) is 0 Å². The molecule has 0 aromatic carbocycles. The molecule has 6 nitrogen and oxygen atoms in total. The van der Waals surface area contributed by atoms with Crippen LogP contribution in [-0.4, -0.2) is 19.6 Å². The molecular weight excluding hydrogens is 274 g/mol. The highest BCUT2D eigenvalue weighted by Crippen LogP contribution is 2.15. The molecule has 0 aliphatic heterocycles. The summed E-state index contributed by atoms with van der Waals surface area (Å²) < 4.78 is 4.22. The summed E-state index contributed by atoms with van der Waals surface area (Å²) in [6.45, 7) is 6.54. The maximum absolute atomic E-state index is 12.0. The molecule has 0 radical (unpaired) electrons. The quantitative estimate of drug-likeness (QED) is 0.850. The normalized spacial score (nSPS) is 10.8. The largest absolute Gasteiger partial charge is 0.356 e. The molecule has 0 saturated carbocycles. The molecule has 108 valence electrons. The summed E-state index contributed by atoms with van der Waals surface area (Å²) in [6.07, 6.45) is 2.42. The number of hydrogen-bond donors (Lipinski definition) is 2. The topological polar surface area (TPSA) is 83.6 Å². The van der Waals surface area contributed by atoms with Gasteiger partial charge in [-0.15, -0.1) is 0 Å². The Kier molecular flexibility index (Phi) is 4.84. The lowest BCUT2D eigenvalue weighted by Gasteiger charge is -2.10. The van der Waals surface area contributed by atoms with Gasteiger partial charge in [0.25, 0.3) is 5.56 Å². The van der Waals surface area contributed by atoms with Gasteiger partial charge in [0.2, 0.25) is 5.13 Å². The molecule has 20 heavy (non-hydrogen) atoms. The number of nitrogens with one attached hydrogen (secondary N) is 2. The van der Waals surface area contributed by atoms with Gasteiger partial charge in [-0.3, -0.25) is 4.79 Å². The summed E-state index contributed by atoms with van der Waals surface area (Å²) in [5.74, 6) is 0.825. The van der Waals surface area contributed by atoms with Crippen LogP contribution in [-0.2, 0) is 25.8 Å². The number of aryl methyl sites for hydroxylation is 2. The number of H-pyrrole nitrogens is 1. The molecule has 0 spiro atoms. The predicted molar refractivity (Wildman–Crippen MR) is 80.2 cm³/mol. The fourth-order valence-electron chi connectivity index (χ4n) is 2.09. The number of aromatic amines is 1. The summed E-state index contributed by atoms with van der Waals surface area (Å²) in [6, 6.07) is 0. The van der Waals surface area contributed by atoms with Crippen LogP contribution in [0.1, 0.15) is 43.4 Å². The molecule has 2 N–H and O–H groups in total. The smallest absolute Gasteiger partial charge is 0.269 e. The molecule has 0 fully saturated rings. The highest BCUT2D eigenvalue weighted by Gasteiger charge is 2.12. The number of rotatable bonds is 6. The number of hydrogen-bond acceptors (Lipinski definition) is 6. The molecule has 0 aliphatic carbocycles. The van der Waals surface area contributed by atoms with Gasteiger partial charge in [0.05, 0.1) is 5.69 Å². The summed E-state index contributed by atoms with van der Waals surface area (Å²) in [4.78, 5) is 16.3. The Morgan fingerprint density at radius 1 is 1.15 bits per heavy atom. The van der Waals surface area contributed by atoms with Crippen molar-refractivity contribution < 1.29 is 0 Å². The van der Waals surface area contributed by atoms with Gasteiger partial charge in [-0.1, -0.05) is 20.8 Å². The lowest BCUT2D eigenvalue weighted by atomic mass is 10.0. The lowest BCUT2D eigenvalue weighted by Crippen LogP contribution is -2.22. The van der Waals surface area contributed by atoms with Crippen LogP contribution >= 0.6 is 11.5 Å². The summed E-state index contributed by atoms with van der Waals surface area (Å²) >= 11 is 1.32. The fourth-order valence-corrected chi connectivity index (χ4v) is 2.74. The second kappa shape index (κ2) is 6.60. The molecule has 7 heteroatoms. The highest BCUT2D eigenvalue weighted by atomic mass is 32.1. The lowest BCUT2D eigenvalue weighted by molar-refractivity contribution is 0.826. The number of anilines is 1. The van der Waals surface area contributed by atoms with E-state index in [0.29, 0.717) is 6.54 Å². The van der Waals surface area contributed by atoms with Crippen molar-refractivity contribution in [1.29, 1.82) is 0 Å². The third-order valence-corrected chi connectivity index (χ3v) is 3.88. The van der Waals surface area contributed by atoms with Crippen molar-refractivity contribution in [2.75, 3.05) is 5.32 Å². The standard InChI is InChI=1S/C13H19N5OS/c1-4-8-9(12(19)17-16-10(8)5-2)7-14-13-15-11(6-3)18-20-13/h4-7H2,1-3H3,(H,17,19)(H,14,15,18). The van der Waals surface area contributed by atoms with E-state index in [1.54, 1.807) is 0 Å². The van der Waals surface area contributed by atoms with Gasteiger partial charge in [0.15, 0.2) is 0 Å². The summed E-state index contributed by atoms with van der Waals surface area (Å²) in [7, 11) is 0. The van der Waals surface area contributed by atoms with Crippen LogP contribution < -0.4 is 10.9 Å². The van der Waals surface area contributed by atoms with E-state index in [4.69, 9.17) is 0 Å². The number of aromatic nitrogens is 4. The zero-order valence-corrected chi connectivity index (χ0v) is 12.8. The maximum atomic E-state index is 12.0. The van der Waals surface area contributed by atoms with Crippen molar-refractivity contribution in [1.82, 2.24) is 19.6 Å². The Labute approximate surface area is 121 Å². The van der Waals surface area contributed by atoms with Crippen molar-refractivity contribution >= 4 is 16.7 Å². The van der Waals surface area contributed by atoms with Crippen molar-refractivity contribution in [3.63, 3.8) is 0 Å². The van der Waals surface area contributed by atoms with E-state index in [0.717, 1.165) is 47.0 Å². The Morgan fingerprint density at radius 2 is 1.95 bits per heavy atom. The van der Waals surface area contributed by atoms with Crippen molar-refractivity contribution in [3.8, 4) is 0 Å². The van der Waals surface area contributed by atoms with Crippen LogP contribution in [0.2, 0.25) is 0 Å². The predicted octanol–water partition coefficient (Wildman–Crippen LogP) is 1.92. The average molecular weight is 293 g/mol. The molecule has 0 unspecified atom stereocenters. The minimum Gasteiger partial charge on any atom is -0.356 e. The first kappa shape index (κ1) is 14.6. The van der Waals surface area contributed by atoms with Crippen LogP contribution in [0.15, 0.2) is 4.79 Å². The monoisotopic (exact) mass is 293 g/mol. The summed E-state index contributed by atoms with van der Waals surface area (Å²) in [5, 5.41) is 10.6. The van der Waals surface area contributed by atoms with E-state index in [1.165, 1.54) is 11.5 Å². The molecule has 0 amide bonds. The van der Waals surface area contributed by atoms with E-state index in [1.807, 2.05) is 20.8 Å². The van der Waals surface area contributed by atoms with Crippen LogP contribution in [0.3, 0.4) is 0 Å². The third kappa shape index (κ3) is 3.04. The first-order chi connectivity index (χ1) is 9.69. The first-order valence-electron chi connectivity index (χ1n) is 6.85. The molecule has 2 aromatic heterocycles. The minimum absolute atomic E-state index is 0.133. The Hall–Kier alpha value is -1.76. The zero-order valence-electron chi connectivity index (χ0n) is 12.0.